The Balaban J connectivity index is 1.57. The first-order valence-electron chi connectivity index (χ1n) is 8.58. The number of anilines is 3. The van der Waals surface area contributed by atoms with Crippen molar-refractivity contribution in [1.82, 2.24) is 14.5 Å². The lowest BCUT2D eigenvalue weighted by molar-refractivity contribution is 0.262. The van der Waals surface area contributed by atoms with Gasteiger partial charge in [-0.1, -0.05) is 12.1 Å². The molecule has 144 valence electrons. The number of halogens is 1. The molecule has 2 aromatic heterocycles. The highest BCUT2D eigenvalue weighted by Gasteiger charge is 2.10. The molecule has 4 aromatic rings. The van der Waals surface area contributed by atoms with E-state index in [4.69, 9.17) is 5.73 Å². The standard InChI is InChI=1S/C20H15FN6O2/c21-14-3-1-2-4-15(14)26-20(29)25-12-5-7-13(8-6-12)27-10-9-16(28)17-18(22)23-11-24-19(17)27/h1-11H,(H2,22,23,24)(H2,25,26,29). The number of urea groups is 1. The number of nitrogens with two attached hydrogens (primary N) is 1. The molecule has 0 aliphatic carbocycles. The number of nitrogens with zero attached hydrogens (tertiary/aromatic N) is 3. The summed E-state index contributed by atoms with van der Waals surface area (Å²) in [6.07, 6.45) is 2.88. The van der Waals surface area contributed by atoms with E-state index in [2.05, 4.69) is 20.6 Å². The van der Waals surface area contributed by atoms with Crippen molar-refractivity contribution >= 4 is 34.3 Å². The van der Waals surface area contributed by atoms with E-state index in [0.29, 0.717) is 17.0 Å². The number of hydrogen-bond donors (Lipinski definition) is 3. The van der Waals surface area contributed by atoms with Crippen molar-refractivity contribution < 1.29 is 9.18 Å². The van der Waals surface area contributed by atoms with Gasteiger partial charge < -0.3 is 20.9 Å². The van der Waals surface area contributed by atoms with Crippen LogP contribution < -0.4 is 21.8 Å². The van der Waals surface area contributed by atoms with E-state index in [0.717, 1.165) is 0 Å². The van der Waals surface area contributed by atoms with Gasteiger partial charge in [0.05, 0.1) is 5.69 Å². The number of rotatable bonds is 3. The molecule has 0 unspecified atom stereocenters. The first-order chi connectivity index (χ1) is 14.0. The normalized spacial score (nSPS) is 10.7. The van der Waals surface area contributed by atoms with Gasteiger partial charge in [-0.25, -0.2) is 19.2 Å². The minimum absolute atomic E-state index is 0.0821. The van der Waals surface area contributed by atoms with Crippen LogP contribution in [0.2, 0.25) is 0 Å². The topological polar surface area (TPSA) is 115 Å². The Morgan fingerprint density at radius 3 is 2.52 bits per heavy atom. The van der Waals surface area contributed by atoms with E-state index in [1.807, 2.05) is 0 Å². The average Bonchev–Trinajstić information content (AvgIpc) is 2.71. The Morgan fingerprint density at radius 2 is 1.76 bits per heavy atom. The number of carbonyl (C=O) groups is 1. The quantitative estimate of drug-likeness (QED) is 0.497. The molecule has 0 aliphatic rings. The molecule has 0 fully saturated rings. The molecule has 4 rings (SSSR count). The predicted molar refractivity (Wildman–Crippen MR) is 109 cm³/mol. The largest absolute Gasteiger partial charge is 0.383 e. The van der Waals surface area contributed by atoms with E-state index in [9.17, 15) is 14.0 Å². The average molecular weight is 390 g/mol. The van der Waals surface area contributed by atoms with Crippen LogP contribution in [-0.2, 0) is 0 Å². The minimum Gasteiger partial charge on any atom is -0.383 e. The zero-order chi connectivity index (χ0) is 20.4. The molecule has 0 atom stereocenters. The number of hydrogen-bond acceptors (Lipinski definition) is 5. The second-order valence-corrected chi connectivity index (χ2v) is 6.11. The maximum atomic E-state index is 13.6. The molecular formula is C20H15FN6O2. The fourth-order valence-corrected chi connectivity index (χ4v) is 2.87. The van der Waals surface area contributed by atoms with Crippen molar-refractivity contribution in [3.63, 3.8) is 0 Å². The van der Waals surface area contributed by atoms with Crippen LogP contribution >= 0.6 is 0 Å². The summed E-state index contributed by atoms with van der Waals surface area (Å²) in [5.74, 6) is -0.415. The third kappa shape index (κ3) is 3.61. The summed E-state index contributed by atoms with van der Waals surface area (Å²) in [6.45, 7) is 0. The van der Waals surface area contributed by atoms with Gasteiger partial charge in [0.1, 0.15) is 23.3 Å². The molecule has 2 aromatic carbocycles. The van der Waals surface area contributed by atoms with Gasteiger partial charge in [-0.05, 0) is 36.4 Å². The van der Waals surface area contributed by atoms with Crippen molar-refractivity contribution in [2.75, 3.05) is 16.4 Å². The monoisotopic (exact) mass is 390 g/mol. The molecule has 4 N–H and O–H groups in total. The summed E-state index contributed by atoms with van der Waals surface area (Å²) in [5.41, 5.74) is 7.21. The molecule has 0 bridgehead atoms. The Hall–Kier alpha value is -4.27. The lowest BCUT2D eigenvalue weighted by atomic mass is 10.2. The van der Waals surface area contributed by atoms with E-state index < -0.39 is 11.8 Å². The number of carbonyl (C=O) groups excluding carboxylic acids is 1. The van der Waals surface area contributed by atoms with E-state index in [1.165, 1.54) is 30.6 Å². The highest BCUT2D eigenvalue weighted by atomic mass is 19.1. The van der Waals surface area contributed by atoms with Crippen molar-refractivity contribution in [1.29, 1.82) is 0 Å². The number of benzene rings is 2. The van der Waals surface area contributed by atoms with Gasteiger partial charge in [0.25, 0.3) is 0 Å². The molecule has 9 heteroatoms. The van der Waals surface area contributed by atoms with E-state index in [-0.39, 0.29) is 22.3 Å². The second-order valence-electron chi connectivity index (χ2n) is 6.11. The first-order valence-corrected chi connectivity index (χ1v) is 8.58. The van der Waals surface area contributed by atoms with Crippen LogP contribution in [0.4, 0.5) is 26.4 Å². The number of para-hydroxylation sites is 1. The molecule has 0 radical (unpaired) electrons. The van der Waals surface area contributed by atoms with Crippen molar-refractivity contribution in [2.24, 2.45) is 0 Å². The van der Waals surface area contributed by atoms with Crippen LogP contribution in [0, 0.1) is 5.82 Å². The molecule has 8 nitrogen and oxygen atoms in total. The smallest absolute Gasteiger partial charge is 0.323 e. The van der Waals surface area contributed by atoms with Crippen molar-refractivity contribution in [2.45, 2.75) is 0 Å². The Bertz CT molecular complexity index is 1270. The number of fused-ring (bicyclic) bond motifs is 1. The number of aromatic nitrogens is 3. The van der Waals surface area contributed by atoms with Gasteiger partial charge in [0, 0.05) is 23.6 Å². The second kappa shape index (κ2) is 7.39. The van der Waals surface area contributed by atoms with Gasteiger partial charge in [0.15, 0.2) is 11.1 Å². The van der Waals surface area contributed by atoms with E-state index in [1.54, 1.807) is 41.1 Å². The zero-order valence-electron chi connectivity index (χ0n) is 15.0. The Morgan fingerprint density at radius 1 is 1.00 bits per heavy atom. The molecule has 0 aliphatic heterocycles. The highest BCUT2D eigenvalue weighted by molar-refractivity contribution is 5.99. The van der Waals surface area contributed by atoms with E-state index >= 15 is 0 Å². The SMILES string of the molecule is Nc1ncnc2c1c(=O)ccn2-c1ccc(NC(=O)Nc2ccccc2F)cc1. The van der Waals surface area contributed by atoms with Crippen molar-refractivity contribution in [3.05, 3.63) is 83.2 Å². The molecule has 2 amide bonds. The third-order valence-electron chi connectivity index (χ3n) is 4.23. The molecule has 0 spiro atoms. The zero-order valence-corrected chi connectivity index (χ0v) is 15.0. The van der Waals surface area contributed by atoms with Gasteiger partial charge in [0.2, 0.25) is 0 Å². The third-order valence-corrected chi connectivity index (χ3v) is 4.23. The van der Waals surface area contributed by atoms with Crippen LogP contribution in [-0.4, -0.2) is 20.6 Å². The summed E-state index contributed by atoms with van der Waals surface area (Å²) in [4.78, 5) is 32.2. The van der Waals surface area contributed by atoms with Gasteiger partial charge in [-0.3, -0.25) is 4.79 Å². The molecule has 2 heterocycles. The van der Waals surface area contributed by atoms with Crippen LogP contribution in [0.1, 0.15) is 0 Å². The fourth-order valence-electron chi connectivity index (χ4n) is 2.87. The summed E-state index contributed by atoms with van der Waals surface area (Å²) in [5, 5.41) is 5.31. The van der Waals surface area contributed by atoms with Gasteiger partial charge in [-0.15, -0.1) is 0 Å². The lowest BCUT2D eigenvalue weighted by Gasteiger charge is -2.12. The number of nitrogens with one attached hydrogen (secondary N) is 2. The minimum atomic E-state index is -0.572. The van der Waals surface area contributed by atoms with Crippen LogP contribution in [0.5, 0.6) is 0 Å². The van der Waals surface area contributed by atoms with Gasteiger partial charge in [-0.2, -0.15) is 0 Å². The molecule has 29 heavy (non-hydrogen) atoms. The number of nitrogen functional groups attached to an aromatic ring is 1. The summed E-state index contributed by atoms with van der Waals surface area (Å²) < 4.78 is 15.3. The fraction of sp³-hybridized carbons (Fsp3) is 0. The number of amides is 2. The lowest BCUT2D eigenvalue weighted by Crippen LogP contribution is -2.20. The van der Waals surface area contributed by atoms with Crippen LogP contribution in [0.15, 0.2) is 71.9 Å². The Kier molecular flexibility index (Phi) is 4.62. The highest BCUT2D eigenvalue weighted by Crippen LogP contribution is 2.19. The predicted octanol–water partition coefficient (Wildman–Crippen LogP) is 3.15. The summed E-state index contributed by atoms with van der Waals surface area (Å²) in [7, 11) is 0. The number of pyridine rings is 1. The summed E-state index contributed by atoms with van der Waals surface area (Å²) in [6, 6.07) is 13.5. The first kappa shape index (κ1) is 18.1. The maximum absolute atomic E-state index is 13.6. The molecular weight excluding hydrogens is 375 g/mol. The molecule has 0 saturated heterocycles. The molecule has 0 saturated carbocycles. The summed E-state index contributed by atoms with van der Waals surface area (Å²) >= 11 is 0. The van der Waals surface area contributed by atoms with Gasteiger partial charge >= 0.3 is 6.03 Å². The van der Waals surface area contributed by atoms with Crippen LogP contribution in [0.25, 0.3) is 16.7 Å². The maximum Gasteiger partial charge on any atom is 0.323 e. The van der Waals surface area contributed by atoms with Crippen LogP contribution in [0.3, 0.4) is 0 Å². The Labute approximate surface area is 163 Å². The van der Waals surface area contributed by atoms with Crippen molar-refractivity contribution in [3.8, 4) is 5.69 Å².